The van der Waals surface area contributed by atoms with Crippen LogP contribution in [0.1, 0.15) is 24.0 Å². The lowest BCUT2D eigenvalue weighted by Crippen LogP contribution is -2.48. The second-order valence-corrected chi connectivity index (χ2v) is 5.30. The van der Waals surface area contributed by atoms with Gasteiger partial charge in [-0.25, -0.2) is 0 Å². The maximum Gasteiger partial charge on any atom is 0.240 e. The van der Waals surface area contributed by atoms with Crippen LogP contribution in [0, 0.1) is 0 Å². The first-order valence-corrected chi connectivity index (χ1v) is 6.96. The molecule has 3 rings (SSSR count). The molecule has 2 aliphatic rings. The molecule has 0 spiro atoms. The number of likely N-dealkylation sites (tertiary alicyclic amines) is 1. The molecular weight excluding hydrogens is 240 g/mol. The second kappa shape index (κ2) is 5.21. The molecule has 0 bridgehead atoms. The number of hydrogen-bond donors (Lipinski definition) is 1. The van der Waals surface area contributed by atoms with Crippen LogP contribution < -0.4 is 10.1 Å². The van der Waals surface area contributed by atoms with E-state index in [2.05, 4.69) is 17.4 Å². The van der Waals surface area contributed by atoms with Gasteiger partial charge in [0.15, 0.2) is 0 Å². The van der Waals surface area contributed by atoms with Gasteiger partial charge < -0.3 is 15.0 Å². The highest BCUT2D eigenvalue weighted by Crippen LogP contribution is 2.23. The lowest BCUT2D eigenvalue weighted by atomic mass is 9.95. The van der Waals surface area contributed by atoms with Crippen LogP contribution in [0.25, 0.3) is 0 Å². The lowest BCUT2D eigenvalue weighted by Gasteiger charge is -2.29. The van der Waals surface area contributed by atoms with E-state index in [0.29, 0.717) is 0 Å². The lowest BCUT2D eigenvalue weighted by molar-refractivity contribution is -0.132. The molecule has 1 saturated heterocycles. The summed E-state index contributed by atoms with van der Waals surface area (Å²) in [6, 6.07) is 6.05. The molecule has 1 unspecified atom stereocenters. The Balaban J connectivity index is 1.73. The van der Waals surface area contributed by atoms with Gasteiger partial charge in [-0.2, -0.15) is 0 Å². The number of benzene rings is 1. The van der Waals surface area contributed by atoms with E-state index in [4.69, 9.17) is 4.74 Å². The van der Waals surface area contributed by atoms with Crippen molar-refractivity contribution in [3.63, 3.8) is 0 Å². The average Bonchev–Trinajstić information content (AvgIpc) is 2.99. The summed E-state index contributed by atoms with van der Waals surface area (Å²) >= 11 is 0. The van der Waals surface area contributed by atoms with Crippen molar-refractivity contribution in [1.29, 1.82) is 0 Å². The summed E-state index contributed by atoms with van der Waals surface area (Å²) in [6.07, 6.45) is 3.08. The maximum atomic E-state index is 12.4. The van der Waals surface area contributed by atoms with E-state index in [1.807, 2.05) is 11.0 Å². The third-order valence-electron chi connectivity index (χ3n) is 4.09. The fourth-order valence-electron chi connectivity index (χ4n) is 2.95. The topological polar surface area (TPSA) is 41.6 Å². The minimum atomic E-state index is -0.0565. The highest BCUT2D eigenvalue weighted by molar-refractivity contribution is 5.82. The highest BCUT2D eigenvalue weighted by atomic mass is 16.5. The Morgan fingerprint density at radius 3 is 2.84 bits per heavy atom. The fourth-order valence-corrected chi connectivity index (χ4v) is 2.95. The van der Waals surface area contributed by atoms with Crippen LogP contribution in [-0.2, 0) is 17.8 Å². The number of fused-ring (bicyclic) bond motifs is 1. The molecule has 0 saturated carbocycles. The predicted molar refractivity (Wildman–Crippen MR) is 73.1 cm³/mol. The van der Waals surface area contributed by atoms with E-state index in [1.165, 1.54) is 11.1 Å². The van der Waals surface area contributed by atoms with E-state index in [0.717, 1.165) is 44.6 Å². The SMILES string of the molecule is COc1ccc2c(c1)CNC(C(=O)N1CCCC1)C2. The molecule has 102 valence electrons. The normalized spacial score (nSPS) is 22.2. The van der Waals surface area contributed by atoms with Gasteiger partial charge in [0.25, 0.3) is 0 Å². The van der Waals surface area contributed by atoms with Crippen LogP contribution in [0.5, 0.6) is 5.75 Å². The summed E-state index contributed by atoms with van der Waals surface area (Å²) in [7, 11) is 1.68. The molecular formula is C15H20N2O2. The third-order valence-corrected chi connectivity index (χ3v) is 4.09. The zero-order valence-electron chi connectivity index (χ0n) is 11.3. The first kappa shape index (κ1) is 12.5. The molecule has 1 fully saturated rings. The Morgan fingerprint density at radius 1 is 1.32 bits per heavy atom. The Morgan fingerprint density at radius 2 is 2.11 bits per heavy atom. The van der Waals surface area contributed by atoms with Crippen molar-refractivity contribution in [2.75, 3.05) is 20.2 Å². The van der Waals surface area contributed by atoms with Crippen LogP contribution in [-0.4, -0.2) is 37.0 Å². The predicted octanol–water partition coefficient (Wildman–Crippen LogP) is 1.33. The van der Waals surface area contributed by atoms with Crippen molar-refractivity contribution < 1.29 is 9.53 Å². The summed E-state index contributed by atoms with van der Waals surface area (Å²) in [5.74, 6) is 1.14. The molecule has 1 aromatic rings. The van der Waals surface area contributed by atoms with Crippen molar-refractivity contribution in [3.8, 4) is 5.75 Å². The monoisotopic (exact) mass is 260 g/mol. The molecule has 1 atom stereocenters. The van der Waals surface area contributed by atoms with Gasteiger partial charge in [0.1, 0.15) is 5.75 Å². The minimum Gasteiger partial charge on any atom is -0.497 e. The molecule has 19 heavy (non-hydrogen) atoms. The summed E-state index contributed by atoms with van der Waals surface area (Å²) in [5, 5.41) is 3.36. The Kier molecular flexibility index (Phi) is 3.42. The fraction of sp³-hybridized carbons (Fsp3) is 0.533. The zero-order valence-corrected chi connectivity index (χ0v) is 11.3. The maximum absolute atomic E-state index is 12.4. The van der Waals surface area contributed by atoms with E-state index >= 15 is 0 Å². The van der Waals surface area contributed by atoms with E-state index in [1.54, 1.807) is 7.11 Å². The molecule has 0 aromatic heterocycles. The van der Waals surface area contributed by atoms with Gasteiger partial charge in [0, 0.05) is 19.6 Å². The highest BCUT2D eigenvalue weighted by Gasteiger charge is 2.29. The van der Waals surface area contributed by atoms with Crippen molar-refractivity contribution in [2.45, 2.75) is 31.8 Å². The van der Waals surface area contributed by atoms with Crippen LogP contribution in [0.15, 0.2) is 18.2 Å². The summed E-state index contributed by atoms with van der Waals surface area (Å²) < 4.78 is 5.23. The average molecular weight is 260 g/mol. The van der Waals surface area contributed by atoms with Gasteiger partial charge in [-0.15, -0.1) is 0 Å². The molecule has 2 aliphatic heterocycles. The Hall–Kier alpha value is -1.55. The van der Waals surface area contributed by atoms with E-state index in [-0.39, 0.29) is 11.9 Å². The second-order valence-electron chi connectivity index (χ2n) is 5.30. The third kappa shape index (κ3) is 2.45. The molecule has 1 N–H and O–H groups in total. The van der Waals surface area contributed by atoms with Crippen LogP contribution in [0.3, 0.4) is 0 Å². The standard InChI is InChI=1S/C15H20N2O2/c1-19-13-5-4-11-9-14(16-10-12(11)8-13)15(18)17-6-2-3-7-17/h4-5,8,14,16H,2-3,6-7,9-10H2,1H3. The first-order valence-electron chi connectivity index (χ1n) is 6.96. The van der Waals surface area contributed by atoms with Crippen LogP contribution >= 0.6 is 0 Å². The van der Waals surface area contributed by atoms with Crippen molar-refractivity contribution in [2.24, 2.45) is 0 Å². The largest absolute Gasteiger partial charge is 0.497 e. The van der Waals surface area contributed by atoms with Gasteiger partial charge in [-0.3, -0.25) is 4.79 Å². The quantitative estimate of drug-likeness (QED) is 0.872. The molecule has 1 aromatic carbocycles. The van der Waals surface area contributed by atoms with Gasteiger partial charge >= 0.3 is 0 Å². The summed E-state index contributed by atoms with van der Waals surface area (Å²) in [4.78, 5) is 14.4. The first-order chi connectivity index (χ1) is 9.28. The van der Waals surface area contributed by atoms with E-state index in [9.17, 15) is 4.79 Å². The number of nitrogens with one attached hydrogen (secondary N) is 1. The molecule has 0 aliphatic carbocycles. The van der Waals surface area contributed by atoms with Crippen molar-refractivity contribution in [3.05, 3.63) is 29.3 Å². The van der Waals surface area contributed by atoms with E-state index < -0.39 is 0 Å². The van der Waals surface area contributed by atoms with Crippen LogP contribution in [0.4, 0.5) is 0 Å². The van der Waals surface area contributed by atoms with Gasteiger partial charge in [0.05, 0.1) is 13.2 Å². The zero-order chi connectivity index (χ0) is 13.2. The van der Waals surface area contributed by atoms with Crippen LogP contribution in [0.2, 0.25) is 0 Å². The van der Waals surface area contributed by atoms with Gasteiger partial charge in [-0.1, -0.05) is 6.07 Å². The number of nitrogens with zero attached hydrogens (tertiary/aromatic N) is 1. The molecule has 0 radical (unpaired) electrons. The number of carbonyl (C=O) groups is 1. The number of ether oxygens (including phenoxy) is 1. The number of hydrogen-bond acceptors (Lipinski definition) is 3. The minimum absolute atomic E-state index is 0.0565. The molecule has 4 nitrogen and oxygen atoms in total. The number of carbonyl (C=O) groups excluding carboxylic acids is 1. The number of amides is 1. The smallest absolute Gasteiger partial charge is 0.240 e. The number of rotatable bonds is 2. The number of methoxy groups -OCH3 is 1. The molecule has 2 heterocycles. The van der Waals surface area contributed by atoms with Crippen molar-refractivity contribution in [1.82, 2.24) is 10.2 Å². The van der Waals surface area contributed by atoms with Gasteiger partial charge in [0.2, 0.25) is 5.91 Å². The molecule has 1 amide bonds. The van der Waals surface area contributed by atoms with Crippen molar-refractivity contribution >= 4 is 5.91 Å². The Bertz CT molecular complexity index is 481. The molecule has 4 heteroatoms. The Labute approximate surface area is 113 Å². The summed E-state index contributed by atoms with van der Waals surface area (Å²) in [5.41, 5.74) is 2.50. The van der Waals surface area contributed by atoms with Gasteiger partial charge in [-0.05, 0) is 42.5 Å². The summed E-state index contributed by atoms with van der Waals surface area (Å²) in [6.45, 7) is 2.59.